The number of nitrogens with two attached hydrogens (primary N) is 1. The number of rotatable bonds is 3. The Morgan fingerprint density at radius 1 is 1.33 bits per heavy atom. The topological polar surface area (TPSA) is 77.0 Å². The first-order chi connectivity index (χ1) is 8.59. The van der Waals surface area contributed by atoms with Crippen LogP contribution in [0.1, 0.15) is 26.2 Å². The highest BCUT2D eigenvalue weighted by atomic mass is 32.2. The van der Waals surface area contributed by atoms with Crippen LogP contribution in [0.3, 0.4) is 0 Å². The summed E-state index contributed by atoms with van der Waals surface area (Å²) < 4.78 is 1.70. The van der Waals surface area contributed by atoms with E-state index in [1.165, 1.54) is 18.2 Å². The second kappa shape index (κ2) is 5.60. The zero-order chi connectivity index (χ0) is 13.1. The number of thioether (sulfide) groups is 1. The van der Waals surface area contributed by atoms with Gasteiger partial charge in [-0.15, -0.1) is 10.2 Å². The number of anilines is 1. The largest absolute Gasteiger partial charge is 0.368 e. The lowest BCUT2D eigenvalue weighted by atomic mass is 10.1. The van der Waals surface area contributed by atoms with Crippen LogP contribution in [0.25, 0.3) is 0 Å². The fourth-order valence-electron chi connectivity index (χ4n) is 2.01. The number of carbonyl (C=O) groups excluding carboxylic acids is 1. The molecule has 7 heteroatoms. The van der Waals surface area contributed by atoms with Crippen LogP contribution >= 0.6 is 11.8 Å². The average Bonchev–Trinajstić information content (AvgIpc) is 2.71. The molecule has 1 aromatic heterocycles. The third kappa shape index (κ3) is 2.77. The van der Waals surface area contributed by atoms with Gasteiger partial charge >= 0.3 is 0 Å². The van der Waals surface area contributed by atoms with E-state index in [2.05, 4.69) is 10.2 Å². The number of likely N-dealkylation sites (tertiary alicyclic amines) is 1. The van der Waals surface area contributed by atoms with E-state index in [0.29, 0.717) is 11.1 Å². The molecular formula is C11H19N5OS. The van der Waals surface area contributed by atoms with E-state index in [1.807, 2.05) is 11.8 Å². The Kier molecular flexibility index (Phi) is 4.11. The maximum Gasteiger partial charge on any atom is 0.235 e. The lowest BCUT2D eigenvalue weighted by Gasteiger charge is -2.28. The van der Waals surface area contributed by atoms with E-state index in [4.69, 9.17) is 5.73 Å². The molecule has 2 N–H and O–H groups in total. The molecule has 0 saturated carbocycles. The fraction of sp³-hybridized carbons (Fsp3) is 0.727. The molecule has 1 fully saturated rings. The highest BCUT2D eigenvalue weighted by molar-refractivity contribution is 8.00. The SMILES string of the molecule is CC(Sc1nnc(N)n1C)C(=O)N1CCCCC1. The molecule has 0 radical (unpaired) electrons. The smallest absolute Gasteiger partial charge is 0.235 e. The molecule has 0 bridgehead atoms. The van der Waals surface area contributed by atoms with Gasteiger partial charge in [0.05, 0.1) is 5.25 Å². The number of nitrogen functional groups attached to an aromatic ring is 1. The van der Waals surface area contributed by atoms with Crippen LogP contribution in [-0.4, -0.2) is 43.9 Å². The molecule has 18 heavy (non-hydrogen) atoms. The van der Waals surface area contributed by atoms with Crippen LogP contribution in [0, 0.1) is 0 Å². The zero-order valence-electron chi connectivity index (χ0n) is 10.8. The van der Waals surface area contributed by atoms with E-state index >= 15 is 0 Å². The molecule has 1 atom stereocenters. The van der Waals surface area contributed by atoms with Gasteiger partial charge in [0, 0.05) is 20.1 Å². The van der Waals surface area contributed by atoms with Crippen molar-refractivity contribution in [1.82, 2.24) is 19.7 Å². The summed E-state index contributed by atoms with van der Waals surface area (Å²) in [5.74, 6) is 0.552. The molecule has 2 heterocycles. The lowest BCUT2D eigenvalue weighted by molar-refractivity contribution is -0.131. The average molecular weight is 269 g/mol. The summed E-state index contributed by atoms with van der Waals surface area (Å²) in [6, 6.07) is 0. The normalized spacial score (nSPS) is 17.8. The van der Waals surface area contributed by atoms with Crippen molar-refractivity contribution in [2.75, 3.05) is 18.8 Å². The Morgan fingerprint density at radius 3 is 2.56 bits per heavy atom. The number of nitrogens with zero attached hydrogens (tertiary/aromatic N) is 4. The van der Waals surface area contributed by atoms with Crippen molar-refractivity contribution in [3.05, 3.63) is 0 Å². The van der Waals surface area contributed by atoms with Crippen LogP contribution in [0.4, 0.5) is 5.95 Å². The Hall–Kier alpha value is -1.24. The first-order valence-electron chi connectivity index (χ1n) is 6.20. The van der Waals surface area contributed by atoms with Crippen molar-refractivity contribution in [2.24, 2.45) is 7.05 Å². The summed E-state index contributed by atoms with van der Waals surface area (Å²) in [6.45, 7) is 3.67. The van der Waals surface area contributed by atoms with Crippen LogP contribution in [0.2, 0.25) is 0 Å². The van der Waals surface area contributed by atoms with Gasteiger partial charge in [-0.1, -0.05) is 11.8 Å². The number of aromatic nitrogens is 3. The van der Waals surface area contributed by atoms with Crippen molar-refractivity contribution < 1.29 is 4.79 Å². The van der Waals surface area contributed by atoms with E-state index in [0.717, 1.165) is 25.9 Å². The van der Waals surface area contributed by atoms with Gasteiger partial charge in [0.15, 0.2) is 5.16 Å². The number of hydrogen-bond acceptors (Lipinski definition) is 5. The molecule has 0 aliphatic carbocycles. The van der Waals surface area contributed by atoms with Gasteiger partial charge in [-0.25, -0.2) is 0 Å². The van der Waals surface area contributed by atoms with Gasteiger partial charge in [-0.05, 0) is 26.2 Å². The summed E-state index contributed by atoms with van der Waals surface area (Å²) in [7, 11) is 1.80. The molecule has 6 nitrogen and oxygen atoms in total. The maximum atomic E-state index is 12.2. The summed E-state index contributed by atoms with van der Waals surface area (Å²) in [5.41, 5.74) is 5.62. The predicted molar refractivity (Wildman–Crippen MR) is 71.2 cm³/mol. The second-order valence-electron chi connectivity index (χ2n) is 4.55. The van der Waals surface area contributed by atoms with Crippen molar-refractivity contribution in [3.8, 4) is 0 Å². The number of carbonyl (C=O) groups is 1. The summed E-state index contributed by atoms with van der Waals surface area (Å²) >= 11 is 1.41. The fourth-order valence-corrected chi connectivity index (χ4v) is 2.91. The van der Waals surface area contributed by atoms with E-state index in [1.54, 1.807) is 11.6 Å². The molecule has 100 valence electrons. The van der Waals surface area contributed by atoms with Crippen molar-refractivity contribution in [3.63, 3.8) is 0 Å². The quantitative estimate of drug-likeness (QED) is 0.825. The minimum Gasteiger partial charge on any atom is -0.368 e. The molecule has 1 aliphatic heterocycles. The van der Waals surface area contributed by atoms with Gasteiger partial charge in [0.2, 0.25) is 11.9 Å². The number of piperidine rings is 1. The van der Waals surface area contributed by atoms with Crippen LogP contribution in [0.15, 0.2) is 5.16 Å². The first-order valence-corrected chi connectivity index (χ1v) is 7.08. The summed E-state index contributed by atoms with van der Waals surface area (Å²) in [6.07, 6.45) is 3.45. The molecule has 0 aromatic carbocycles. The minimum absolute atomic E-state index is 0.148. The Labute approximate surface area is 111 Å². The monoisotopic (exact) mass is 269 g/mol. The van der Waals surface area contributed by atoms with Crippen LogP contribution in [-0.2, 0) is 11.8 Å². The molecular weight excluding hydrogens is 250 g/mol. The molecule has 1 saturated heterocycles. The van der Waals surface area contributed by atoms with Gasteiger partial charge < -0.3 is 10.6 Å². The van der Waals surface area contributed by atoms with E-state index in [9.17, 15) is 4.79 Å². The molecule has 0 spiro atoms. The molecule has 1 aromatic rings. The van der Waals surface area contributed by atoms with Gasteiger partial charge in [0.1, 0.15) is 0 Å². The second-order valence-corrected chi connectivity index (χ2v) is 5.85. The lowest BCUT2D eigenvalue weighted by Crippen LogP contribution is -2.40. The molecule has 1 unspecified atom stereocenters. The van der Waals surface area contributed by atoms with Gasteiger partial charge in [-0.3, -0.25) is 9.36 Å². The van der Waals surface area contributed by atoms with E-state index in [-0.39, 0.29) is 11.2 Å². The third-order valence-electron chi connectivity index (χ3n) is 3.17. The molecule has 1 amide bonds. The van der Waals surface area contributed by atoms with Crippen LogP contribution < -0.4 is 5.73 Å². The first kappa shape index (κ1) is 13.2. The number of hydrogen-bond donors (Lipinski definition) is 1. The Balaban J connectivity index is 1.96. The van der Waals surface area contributed by atoms with Gasteiger partial charge in [0.25, 0.3) is 0 Å². The predicted octanol–water partition coefficient (Wildman–Crippen LogP) is 0.890. The maximum absolute atomic E-state index is 12.2. The minimum atomic E-state index is -0.148. The highest BCUT2D eigenvalue weighted by Crippen LogP contribution is 2.24. The molecule has 1 aliphatic rings. The van der Waals surface area contributed by atoms with Gasteiger partial charge in [-0.2, -0.15) is 0 Å². The Bertz CT molecular complexity index is 427. The zero-order valence-corrected chi connectivity index (χ0v) is 11.6. The van der Waals surface area contributed by atoms with Crippen LogP contribution in [0.5, 0.6) is 0 Å². The summed E-state index contributed by atoms with van der Waals surface area (Å²) in [4.78, 5) is 14.2. The van der Waals surface area contributed by atoms with Crippen molar-refractivity contribution in [2.45, 2.75) is 36.6 Å². The number of amides is 1. The standard InChI is InChI=1S/C11H19N5OS/c1-8(9(17)16-6-4-3-5-7-16)18-11-14-13-10(12)15(11)2/h8H,3-7H2,1-2H3,(H2,12,13). The van der Waals surface area contributed by atoms with Crippen molar-refractivity contribution >= 4 is 23.6 Å². The van der Waals surface area contributed by atoms with Crippen molar-refractivity contribution in [1.29, 1.82) is 0 Å². The highest BCUT2D eigenvalue weighted by Gasteiger charge is 2.24. The Morgan fingerprint density at radius 2 is 2.00 bits per heavy atom. The third-order valence-corrected chi connectivity index (χ3v) is 4.29. The van der Waals surface area contributed by atoms with E-state index < -0.39 is 0 Å². The summed E-state index contributed by atoms with van der Waals surface area (Å²) in [5, 5.41) is 8.29. The molecule has 2 rings (SSSR count).